The maximum absolute atomic E-state index is 10.2. The summed E-state index contributed by atoms with van der Waals surface area (Å²) in [5, 5.41) is 8.43. The van der Waals surface area contributed by atoms with Crippen molar-refractivity contribution in [2.45, 2.75) is 44.9 Å². The van der Waals surface area contributed by atoms with E-state index in [2.05, 4.69) is 44.0 Å². The third kappa shape index (κ3) is 15.6. The highest BCUT2D eigenvalue weighted by Crippen LogP contribution is 2.15. The number of rotatable bonds is 10. The van der Waals surface area contributed by atoms with Crippen molar-refractivity contribution in [3.63, 3.8) is 0 Å². The first kappa shape index (κ1) is 17.6. The highest BCUT2D eigenvalue weighted by atomic mass is 79.9. The molecule has 0 rings (SSSR count). The number of carboxylic acid groups (broad SMARTS) is 1. The van der Waals surface area contributed by atoms with Crippen LogP contribution in [0.3, 0.4) is 0 Å². The number of hydrogen-bond donors (Lipinski definition) is 1. The van der Waals surface area contributed by atoms with Crippen LogP contribution in [-0.2, 0) is 4.79 Å². The molecule has 1 N–H and O–H groups in total. The fourth-order valence-corrected chi connectivity index (χ4v) is 1.81. The van der Waals surface area contributed by atoms with E-state index in [0.29, 0.717) is 6.42 Å². The SMILES string of the molecule is O=C(O)CCC=CC=CCCCCCC=C(Br)Br. The molecular weight excluding hydrogens is 360 g/mol. The number of unbranched alkanes of at least 4 members (excludes halogenated alkanes) is 4. The standard InChI is InChI=1S/C14H20Br2O2/c15-13(16)11-9-7-5-3-1-2-4-6-8-10-12-14(17)18/h2,4,6,8,11H,1,3,5,7,9-10,12H2,(H,17,18). The van der Waals surface area contributed by atoms with E-state index >= 15 is 0 Å². The quantitative estimate of drug-likeness (QED) is 0.399. The summed E-state index contributed by atoms with van der Waals surface area (Å²) in [4.78, 5) is 10.2. The van der Waals surface area contributed by atoms with Crippen molar-refractivity contribution in [1.82, 2.24) is 0 Å². The highest BCUT2D eigenvalue weighted by Gasteiger charge is 1.90. The lowest BCUT2D eigenvalue weighted by molar-refractivity contribution is -0.136. The Bertz CT molecular complexity index is 303. The Morgan fingerprint density at radius 3 is 2.17 bits per heavy atom. The van der Waals surface area contributed by atoms with Crippen LogP contribution in [0.1, 0.15) is 44.9 Å². The molecule has 102 valence electrons. The fourth-order valence-electron chi connectivity index (χ4n) is 1.35. The molecule has 0 aromatic heterocycles. The normalized spacial score (nSPS) is 11.2. The Kier molecular flexibility index (Phi) is 12.8. The van der Waals surface area contributed by atoms with E-state index in [-0.39, 0.29) is 6.42 Å². The molecule has 0 aromatic carbocycles. The molecule has 0 amide bonds. The smallest absolute Gasteiger partial charge is 0.303 e. The summed E-state index contributed by atoms with van der Waals surface area (Å²) in [7, 11) is 0. The lowest BCUT2D eigenvalue weighted by Gasteiger charge is -1.94. The molecule has 0 heterocycles. The predicted molar refractivity (Wildman–Crippen MR) is 84.2 cm³/mol. The Balaban J connectivity index is 3.33. The average Bonchev–Trinajstić information content (AvgIpc) is 2.29. The van der Waals surface area contributed by atoms with E-state index in [1.165, 1.54) is 19.3 Å². The van der Waals surface area contributed by atoms with Crippen molar-refractivity contribution in [3.8, 4) is 0 Å². The molecule has 0 fully saturated rings. The second-order valence-corrected chi connectivity index (χ2v) is 6.69. The van der Waals surface area contributed by atoms with Gasteiger partial charge in [-0.25, -0.2) is 0 Å². The predicted octanol–water partition coefficient (Wildman–Crippen LogP) is 5.55. The second-order valence-electron chi connectivity index (χ2n) is 3.92. The van der Waals surface area contributed by atoms with Gasteiger partial charge in [0.15, 0.2) is 0 Å². The van der Waals surface area contributed by atoms with Crippen LogP contribution in [0.5, 0.6) is 0 Å². The van der Waals surface area contributed by atoms with E-state index in [0.717, 1.165) is 16.2 Å². The van der Waals surface area contributed by atoms with Crippen molar-refractivity contribution in [2.75, 3.05) is 0 Å². The minimum absolute atomic E-state index is 0.209. The second kappa shape index (κ2) is 13.1. The molecule has 0 atom stereocenters. The van der Waals surface area contributed by atoms with Crippen molar-refractivity contribution >= 4 is 37.8 Å². The molecule has 0 radical (unpaired) electrons. The van der Waals surface area contributed by atoms with Gasteiger partial charge in [0.25, 0.3) is 0 Å². The van der Waals surface area contributed by atoms with Crippen LogP contribution in [0, 0.1) is 0 Å². The zero-order valence-electron chi connectivity index (χ0n) is 10.4. The molecule has 2 nitrogen and oxygen atoms in total. The number of hydrogen-bond acceptors (Lipinski definition) is 1. The van der Waals surface area contributed by atoms with Crippen molar-refractivity contribution in [1.29, 1.82) is 0 Å². The van der Waals surface area contributed by atoms with Crippen LogP contribution < -0.4 is 0 Å². The van der Waals surface area contributed by atoms with E-state index in [9.17, 15) is 4.79 Å². The summed E-state index contributed by atoms with van der Waals surface area (Å²) < 4.78 is 1.03. The van der Waals surface area contributed by atoms with Gasteiger partial charge >= 0.3 is 5.97 Å². The van der Waals surface area contributed by atoms with E-state index in [1.54, 1.807) is 0 Å². The van der Waals surface area contributed by atoms with Gasteiger partial charge in [0, 0.05) is 6.42 Å². The molecule has 0 bridgehead atoms. The maximum Gasteiger partial charge on any atom is 0.303 e. The molecule has 0 saturated heterocycles. The molecule has 0 spiro atoms. The number of aliphatic carboxylic acids is 1. The van der Waals surface area contributed by atoms with Gasteiger partial charge in [0.05, 0.1) is 3.39 Å². The van der Waals surface area contributed by atoms with Gasteiger partial charge in [0.1, 0.15) is 0 Å². The first-order valence-corrected chi connectivity index (χ1v) is 7.76. The Morgan fingerprint density at radius 1 is 0.944 bits per heavy atom. The van der Waals surface area contributed by atoms with E-state index in [1.807, 2.05) is 18.2 Å². The van der Waals surface area contributed by atoms with Crippen molar-refractivity contribution in [2.24, 2.45) is 0 Å². The molecule has 0 aliphatic carbocycles. The third-order valence-corrected chi connectivity index (χ3v) is 2.93. The average molecular weight is 380 g/mol. The summed E-state index contributed by atoms with van der Waals surface area (Å²) in [6.45, 7) is 0. The van der Waals surface area contributed by atoms with Gasteiger partial charge in [0.2, 0.25) is 0 Å². The van der Waals surface area contributed by atoms with Gasteiger partial charge in [-0.3, -0.25) is 4.79 Å². The van der Waals surface area contributed by atoms with E-state index < -0.39 is 5.97 Å². The fraction of sp³-hybridized carbons (Fsp3) is 0.500. The largest absolute Gasteiger partial charge is 0.481 e. The minimum Gasteiger partial charge on any atom is -0.481 e. The molecular formula is C14H20Br2O2. The lowest BCUT2D eigenvalue weighted by atomic mass is 10.1. The molecule has 0 saturated carbocycles. The summed E-state index contributed by atoms with van der Waals surface area (Å²) in [6, 6.07) is 0. The highest BCUT2D eigenvalue weighted by molar-refractivity contribution is 9.28. The van der Waals surface area contributed by atoms with Crippen LogP contribution in [0.2, 0.25) is 0 Å². The van der Waals surface area contributed by atoms with Gasteiger partial charge in [-0.15, -0.1) is 0 Å². The zero-order valence-corrected chi connectivity index (χ0v) is 13.6. The van der Waals surface area contributed by atoms with Gasteiger partial charge < -0.3 is 5.11 Å². The van der Waals surface area contributed by atoms with Crippen LogP contribution in [0.25, 0.3) is 0 Å². The summed E-state index contributed by atoms with van der Waals surface area (Å²) in [5.74, 6) is -0.743. The maximum atomic E-state index is 10.2. The monoisotopic (exact) mass is 378 g/mol. The van der Waals surface area contributed by atoms with Crippen LogP contribution in [0.4, 0.5) is 0 Å². The van der Waals surface area contributed by atoms with Crippen LogP contribution in [-0.4, -0.2) is 11.1 Å². The molecule has 18 heavy (non-hydrogen) atoms. The molecule has 4 heteroatoms. The van der Waals surface area contributed by atoms with E-state index in [4.69, 9.17) is 5.11 Å². The first-order chi connectivity index (χ1) is 8.63. The van der Waals surface area contributed by atoms with Gasteiger partial charge in [-0.05, 0) is 64.0 Å². The van der Waals surface area contributed by atoms with Crippen LogP contribution >= 0.6 is 31.9 Å². The lowest BCUT2D eigenvalue weighted by Crippen LogP contribution is -1.91. The summed E-state index contributed by atoms with van der Waals surface area (Å²) in [5.41, 5.74) is 0. The number of carboxylic acids is 1. The Morgan fingerprint density at radius 2 is 1.56 bits per heavy atom. The zero-order chi connectivity index (χ0) is 13.6. The topological polar surface area (TPSA) is 37.3 Å². The van der Waals surface area contributed by atoms with Gasteiger partial charge in [-0.1, -0.05) is 36.8 Å². The van der Waals surface area contributed by atoms with Crippen molar-refractivity contribution < 1.29 is 9.90 Å². The molecule has 0 aromatic rings. The Labute approximate surface area is 126 Å². The summed E-state index contributed by atoms with van der Waals surface area (Å²) >= 11 is 6.66. The number of allylic oxidation sites excluding steroid dienone is 5. The molecule has 0 aliphatic heterocycles. The van der Waals surface area contributed by atoms with Gasteiger partial charge in [-0.2, -0.15) is 0 Å². The first-order valence-electron chi connectivity index (χ1n) is 6.17. The number of carbonyl (C=O) groups is 1. The Hall–Kier alpha value is -0.350. The molecule has 0 unspecified atom stereocenters. The third-order valence-electron chi connectivity index (χ3n) is 2.28. The minimum atomic E-state index is -0.743. The van der Waals surface area contributed by atoms with Crippen LogP contribution in [0.15, 0.2) is 33.8 Å². The summed E-state index contributed by atoms with van der Waals surface area (Å²) in [6.07, 6.45) is 16.7. The molecule has 0 aliphatic rings. The number of halogens is 2. The van der Waals surface area contributed by atoms with Crippen molar-refractivity contribution in [3.05, 3.63) is 33.8 Å².